The lowest BCUT2D eigenvalue weighted by molar-refractivity contribution is -0.0321. The highest BCUT2D eigenvalue weighted by atomic mass is 35.5. The van der Waals surface area contributed by atoms with Crippen molar-refractivity contribution in [3.05, 3.63) is 84.0 Å². The highest BCUT2D eigenvalue weighted by Gasteiger charge is 2.34. The van der Waals surface area contributed by atoms with E-state index >= 15 is 0 Å². The van der Waals surface area contributed by atoms with Gasteiger partial charge in [0.05, 0.1) is 53.0 Å². The van der Waals surface area contributed by atoms with E-state index in [4.69, 9.17) is 31.0 Å². The van der Waals surface area contributed by atoms with E-state index in [2.05, 4.69) is 27.6 Å². The topological polar surface area (TPSA) is 61.5 Å². The molecule has 3 aromatic heterocycles. The summed E-state index contributed by atoms with van der Waals surface area (Å²) in [6, 6.07) is 18.3. The van der Waals surface area contributed by atoms with E-state index in [-0.39, 0.29) is 6.10 Å². The number of halogens is 1. The molecule has 0 unspecified atom stereocenters. The van der Waals surface area contributed by atoms with Crippen molar-refractivity contribution in [2.45, 2.75) is 24.9 Å². The normalized spacial score (nSPS) is 17.7. The van der Waals surface area contributed by atoms with E-state index in [0.29, 0.717) is 24.2 Å². The molecule has 176 valence electrons. The molecule has 1 aliphatic rings. The first-order chi connectivity index (χ1) is 17.2. The number of rotatable bonds is 7. The first kappa shape index (κ1) is 22.2. The van der Waals surface area contributed by atoms with E-state index in [1.165, 1.54) is 0 Å². The number of hydrogen-bond donors (Lipinski definition) is 0. The predicted octanol–water partition coefficient (Wildman–Crippen LogP) is 6.17. The molecule has 1 aliphatic carbocycles. The number of pyridine rings is 1. The zero-order valence-corrected chi connectivity index (χ0v) is 20.2. The summed E-state index contributed by atoms with van der Waals surface area (Å²) in [5.74, 6) is 1.35. The molecule has 0 N–H and O–H groups in total. The summed E-state index contributed by atoms with van der Waals surface area (Å²) in [6.45, 7) is 1.24. The summed E-state index contributed by atoms with van der Waals surface area (Å²) < 4.78 is 13.1. The van der Waals surface area contributed by atoms with Gasteiger partial charge in [0.1, 0.15) is 5.82 Å². The molecule has 6 rings (SSSR count). The van der Waals surface area contributed by atoms with E-state index in [9.17, 15) is 0 Å². The van der Waals surface area contributed by atoms with E-state index < -0.39 is 0 Å². The monoisotopic (exact) mass is 484 g/mol. The Labute approximate surface area is 208 Å². The molecule has 1 fully saturated rings. The molecular formula is C28H25ClN4O2. The molecule has 0 aliphatic heterocycles. The van der Waals surface area contributed by atoms with Crippen LogP contribution in [0, 0.1) is 0 Å². The molecular weight excluding hydrogens is 460 g/mol. The minimum atomic E-state index is 0.248. The average Bonchev–Trinajstić information content (AvgIpc) is 3.24. The lowest BCUT2D eigenvalue weighted by Crippen LogP contribution is -2.31. The fraction of sp³-hybridized carbons (Fsp3) is 0.250. The first-order valence-corrected chi connectivity index (χ1v) is 12.2. The largest absolute Gasteiger partial charge is 0.382 e. The maximum atomic E-state index is 6.80. The lowest BCUT2D eigenvalue weighted by atomic mass is 9.81. The van der Waals surface area contributed by atoms with Gasteiger partial charge in [-0.2, -0.15) is 0 Å². The number of hydrogen-bond acceptors (Lipinski definition) is 5. The van der Waals surface area contributed by atoms with Gasteiger partial charge >= 0.3 is 0 Å². The predicted molar refractivity (Wildman–Crippen MR) is 138 cm³/mol. The Kier molecular flexibility index (Phi) is 5.94. The lowest BCUT2D eigenvalue weighted by Gasteiger charge is -2.34. The number of fused-ring (bicyclic) bond motifs is 2. The van der Waals surface area contributed by atoms with Crippen molar-refractivity contribution < 1.29 is 9.47 Å². The van der Waals surface area contributed by atoms with Crippen molar-refractivity contribution in [2.24, 2.45) is 0 Å². The van der Waals surface area contributed by atoms with Gasteiger partial charge in [-0.05, 0) is 31.0 Å². The molecule has 6 nitrogen and oxygen atoms in total. The highest BCUT2D eigenvalue weighted by Crippen LogP contribution is 2.41. The molecule has 0 amide bonds. The van der Waals surface area contributed by atoms with Crippen molar-refractivity contribution in [1.29, 1.82) is 0 Å². The van der Waals surface area contributed by atoms with Crippen molar-refractivity contribution in [3.8, 4) is 22.5 Å². The molecule has 35 heavy (non-hydrogen) atoms. The van der Waals surface area contributed by atoms with Crippen molar-refractivity contribution in [2.75, 3.05) is 20.3 Å². The zero-order valence-electron chi connectivity index (χ0n) is 19.4. The van der Waals surface area contributed by atoms with E-state index in [0.717, 1.165) is 57.6 Å². The van der Waals surface area contributed by atoms with Crippen LogP contribution in [-0.2, 0) is 9.47 Å². The Morgan fingerprint density at radius 1 is 1.03 bits per heavy atom. The number of imidazole rings is 1. The summed E-state index contributed by atoms with van der Waals surface area (Å²) in [6.07, 6.45) is 7.75. The van der Waals surface area contributed by atoms with Crippen LogP contribution >= 0.6 is 11.6 Å². The van der Waals surface area contributed by atoms with E-state index in [1.54, 1.807) is 13.3 Å². The van der Waals surface area contributed by atoms with Crippen LogP contribution in [0.3, 0.4) is 0 Å². The maximum Gasteiger partial charge on any atom is 0.117 e. The number of aromatic nitrogens is 4. The Hall–Kier alpha value is -3.32. The smallest absolute Gasteiger partial charge is 0.117 e. The van der Waals surface area contributed by atoms with Crippen LogP contribution in [0.25, 0.3) is 38.9 Å². The van der Waals surface area contributed by atoms with Crippen LogP contribution in [0.5, 0.6) is 0 Å². The third-order valence-corrected chi connectivity index (χ3v) is 6.99. The van der Waals surface area contributed by atoms with Gasteiger partial charge in [0.25, 0.3) is 0 Å². The SMILES string of the molecule is COCCOC1CC(c2nc(-c3cc4nc(-c5ccccc5)ccc4cc3Cl)c3cnccn23)C1. The van der Waals surface area contributed by atoms with Gasteiger partial charge < -0.3 is 9.47 Å². The molecule has 0 atom stereocenters. The van der Waals surface area contributed by atoms with Crippen LogP contribution < -0.4 is 0 Å². The number of methoxy groups -OCH3 is 1. The van der Waals surface area contributed by atoms with Gasteiger partial charge in [-0.3, -0.25) is 9.38 Å². The summed E-state index contributed by atoms with van der Waals surface area (Å²) in [4.78, 5) is 14.4. The number of benzene rings is 2. The summed E-state index contributed by atoms with van der Waals surface area (Å²) >= 11 is 6.80. The molecule has 7 heteroatoms. The van der Waals surface area contributed by atoms with Gasteiger partial charge in [0.2, 0.25) is 0 Å². The molecule has 0 saturated heterocycles. The second kappa shape index (κ2) is 9.38. The van der Waals surface area contributed by atoms with Gasteiger partial charge in [-0.25, -0.2) is 9.97 Å². The average molecular weight is 485 g/mol. The maximum absolute atomic E-state index is 6.80. The van der Waals surface area contributed by atoms with Gasteiger partial charge in [0.15, 0.2) is 0 Å². The number of nitrogens with zero attached hydrogens (tertiary/aromatic N) is 4. The minimum absolute atomic E-state index is 0.248. The first-order valence-electron chi connectivity index (χ1n) is 11.8. The van der Waals surface area contributed by atoms with Gasteiger partial charge in [-0.15, -0.1) is 0 Å². The molecule has 0 radical (unpaired) electrons. The molecule has 5 aromatic rings. The Morgan fingerprint density at radius 3 is 2.71 bits per heavy atom. The minimum Gasteiger partial charge on any atom is -0.382 e. The third kappa shape index (κ3) is 4.18. The van der Waals surface area contributed by atoms with Gasteiger partial charge in [0, 0.05) is 41.9 Å². The fourth-order valence-electron chi connectivity index (χ4n) is 4.75. The molecule has 0 bridgehead atoms. The van der Waals surface area contributed by atoms with Crippen LogP contribution in [0.2, 0.25) is 5.02 Å². The van der Waals surface area contributed by atoms with Crippen molar-refractivity contribution in [3.63, 3.8) is 0 Å². The van der Waals surface area contributed by atoms with Crippen molar-refractivity contribution >= 4 is 28.0 Å². The second-order valence-corrected chi connectivity index (χ2v) is 9.30. The Balaban J connectivity index is 1.38. The van der Waals surface area contributed by atoms with Crippen molar-refractivity contribution in [1.82, 2.24) is 19.4 Å². The highest BCUT2D eigenvalue weighted by molar-refractivity contribution is 6.34. The third-order valence-electron chi connectivity index (χ3n) is 6.68. The molecule has 0 spiro atoms. The molecule has 3 heterocycles. The fourth-order valence-corrected chi connectivity index (χ4v) is 5.01. The van der Waals surface area contributed by atoms with Crippen LogP contribution in [0.15, 0.2) is 73.2 Å². The summed E-state index contributed by atoms with van der Waals surface area (Å²) in [5.41, 5.74) is 5.52. The molecule has 2 aromatic carbocycles. The zero-order chi connectivity index (χ0) is 23.8. The summed E-state index contributed by atoms with van der Waals surface area (Å²) in [5, 5.41) is 1.65. The number of ether oxygens (including phenoxy) is 2. The quantitative estimate of drug-likeness (QED) is 0.258. The van der Waals surface area contributed by atoms with Gasteiger partial charge in [-0.1, -0.05) is 48.0 Å². The Bertz CT molecular complexity index is 1500. The standard InChI is InChI=1S/C28H25ClN4O2/c1-34-11-12-35-21-13-20(14-21)28-32-27(26-17-30-9-10-33(26)28)22-16-25-19(15-23(22)29)7-8-24(31-25)18-5-3-2-4-6-18/h2-10,15-17,20-21H,11-14H2,1H3. The summed E-state index contributed by atoms with van der Waals surface area (Å²) in [7, 11) is 1.69. The molecule has 1 saturated carbocycles. The second-order valence-electron chi connectivity index (χ2n) is 8.89. The Morgan fingerprint density at radius 2 is 1.89 bits per heavy atom. The van der Waals surface area contributed by atoms with Crippen LogP contribution in [-0.4, -0.2) is 45.8 Å². The van der Waals surface area contributed by atoms with Crippen LogP contribution in [0.4, 0.5) is 0 Å². The van der Waals surface area contributed by atoms with Crippen LogP contribution in [0.1, 0.15) is 24.6 Å². The van der Waals surface area contributed by atoms with E-state index in [1.807, 2.05) is 48.8 Å².